The van der Waals surface area contributed by atoms with Crippen LogP contribution in [-0.2, 0) is 38.7 Å². The lowest BCUT2D eigenvalue weighted by atomic mass is 10.0. The fraction of sp³-hybridized carbons (Fsp3) is 0.270. The van der Waals surface area contributed by atoms with Crippen molar-refractivity contribution in [1.82, 2.24) is 10.2 Å². The van der Waals surface area contributed by atoms with Gasteiger partial charge in [0.1, 0.15) is 25.0 Å². The van der Waals surface area contributed by atoms with E-state index in [0.717, 1.165) is 27.8 Å². The Labute approximate surface area is 269 Å². The second-order valence-corrected chi connectivity index (χ2v) is 11.5. The van der Waals surface area contributed by atoms with Crippen LogP contribution in [0.15, 0.2) is 109 Å². The van der Waals surface area contributed by atoms with Crippen LogP contribution in [0.2, 0.25) is 0 Å². The Morgan fingerprint density at radius 3 is 1.70 bits per heavy atom. The highest BCUT2D eigenvalue weighted by molar-refractivity contribution is 5.84. The van der Waals surface area contributed by atoms with Crippen molar-refractivity contribution < 1.29 is 34.1 Å². The molecule has 46 heavy (non-hydrogen) atoms. The molecule has 0 saturated carbocycles. The molecule has 9 nitrogen and oxygen atoms in total. The van der Waals surface area contributed by atoms with Gasteiger partial charge in [0.2, 0.25) is 0 Å². The molecule has 240 valence electrons. The summed E-state index contributed by atoms with van der Waals surface area (Å²) < 4.78 is 10.9. The molecule has 0 heterocycles. The maximum Gasteiger partial charge on any atom is 0.337 e. The largest absolute Gasteiger partial charge is 0.508 e. The Bertz CT molecular complexity index is 1540. The number of urea groups is 1. The van der Waals surface area contributed by atoms with Crippen LogP contribution in [0.3, 0.4) is 0 Å². The van der Waals surface area contributed by atoms with Crippen LogP contribution in [0.4, 0.5) is 4.79 Å². The van der Waals surface area contributed by atoms with E-state index in [0.29, 0.717) is 0 Å². The number of rotatable bonds is 14. The van der Waals surface area contributed by atoms with Gasteiger partial charge in [0, 0.05) is 13.0 Å². The maximum atomic E-state index is 13.6. The zero-order chi connectivity index (χ0) is 32.9. The fourth-order valence-electron chi connectivity index (χ4n) is 4.78. The summed E-state index contributed by atoms with van der Waals surface area (Å²) in [6.45, 7) is 3.75. The van der Waals surface area contributed by atoms with Crippen molar-refractivity contribution in [3.8, 4) is 16.9 Å². The number of aromatic hydroxyl groups is 1. The molecule has 0 aliphatic rings. The van der Waals surface area contributed by atoms with Crippen molar-refractivity contribution in [2.24, 2.45) is 5.92 Å². The summed E-state index contributed by atoms with van der Waals surface area (Å²) in [6.07, 6.45) is -1.43. The second-order valence-electron chi connectivity index (χ2n) is 11.5. The molecule has 4 rings (SSSR count). The minimum Gasteiger partial charge on any atom is -0.508 e. The predicted molar refractivity (Wildman–Crippen MR) is 174 cm³/mol. The molecule has 2 amide bonds. The molecule has 0 fully saturated rings. The Kier molecular flexibility index (Phi) is 12.3. The topological polar surface area (TPSA) is 125 Å². The van der Waals surface area contributed by atoms with E-state index in [-0.39, 0.29) is 44.4 Å². The Balaban J connectivity index is 1.46. The second kappa shape index (κ2) is 16.8. The Hall–Kier alpha value is -5.15. The summed E-state index contributed by atoms with van der Waals surface area (Å²) in [5, 5.41) is 23.0. The van der Waals surface area contributed by atoms with E-state index in [1.165, 1.54) is 4.90 Å². The van der Waals surface area contributed by atoms with Crippen LogP contribution in [0.5, 0.6) is 5.75 Å². The van der Waals surface area contributed by atoms with Gasteiger partial charge in [0.25, 0.3) is 0 Å². The number of hydrogen-bond donors (Lipinski definition) is 3. The van der Waals surface area contributed by atoms with Crippen molar-refractivity contribution in [3.05, 3.63) is 126 Å². The number of phenols is 1. The van der Waals surface area contributed by atoms with Gasteiger partial charge in [0.05, 0.1) is 6.54 Å². The molecule has 4 aromatic rings. The van der Waals surface area contributed by atoms with Crippen LogP contribution in [0, 0.1) is 5.92 Å². The van der Waals surface area contributed by atoms with E-state index < -0.39 is 30.1 Å². The van der Waals surface area contributed by atoms with Crippen LogP contribution < -0.4 is 5.32 Å². The zero-order valence-electron chi connectivity index (χ0n) is 26.0. The average Bonchev–Trinajstić information content (AvgIpc) is 3.07. The highest BCUT2D eigenvalue weighted by atomic mass is 16.5. The van der Waals surface area contributed by atoms with Crippen molar-refractivity contribution >= 4 is 18.0 Å². The monoisotopic (exact) mass is 624 g/mol. The van der Waals surface area contributed by atoms with Crippen LogP contribution in [0.1, 0.15) is 30.5 Å². The lowest BCUT2D eigenvalue weighted by Gasteiger charge is -2.28. The number of carbonyl (C=O) groups excluding carboxylic acids is 3. The number of aliphatic hydroxyl groups excluding tert-OH is 1. The first-order valence-electron chi connectivity index (χ1n) is 15.2. The summed E-state index contributed by atoms with van der Waals surface area (Å²) in [5.41, 5.74) is 4.20. The Morgan fingerprint density at radius 1 is 0.674 bits per heavy atom. The first-order valence-corrected chi connectivity index (χ1v) is 15.2. The third-order valence-electron chi connectivity index (χ3n) is 7.16. The van der Waals surface area contributed by atoms with Crippen molar-refractivity contribution in [3.63, 3.8) is 0 Å². The Morgan fingerprint density at radius 2 is 1.17 bits per heavy atom. The third-order valence-corrected chi connectivity index (χ3v) is 7.16. The fourth-order valence-corrected chi connectivity index (χ4v) is 4.78. The number of nitrogens with one attached hydrogen (secondary N) is 1. The average molecular weight is 625 g/mol. The predicted octanol–water partition coefficient (Wildman–Crippen LogP) is 5.49. The summed E-state index contributed by atoms with van der Waals surface area (Å²) in [5.74, 6) is -1.28. The molecular formula is C37H40N2O7. The van der Waals surface area contributed by atoms with E-state index in [1.54, 1.807) is 24.3 Å². The quantitative estimate of drug-likeness (QED) is 0.159. The molecule has 4 aromatic carbocycles. The summed E-state index contributed by atoms with van der Waals surface area (Å²) in [6, 6.07) is 31.0. The molecule has 3 N–H and O–H groups in total. The first kappa shape index (κ1) is 33.7. The number of phenolic OH excluding ortho intramolecular Hbond substituents is 1. The summed E-state index contributed by atoms with van der Waals surface area (Å²) in [4.78, 5) is 40.8. The van der Waals surface area contributed by atoms with Gasteiger partial charge >= 0.3 is 18.0 Å². The number of nitrogens with zero attached hydrogens (tertiary/aromatic N) is 1. The maximum absolute atomic E-state index is 13.6. The number of ether oxygens (including phenoxy) is 2. The van der Waals surface area contributed by atoms with Crippen LogP contribution >= 0.6 is 0 Å². The zero-order valence-corrected chi connectivity index (χ0v) is 26.0. The van der Waals surface area contributed by atoms with E-state index in [4.69, 9.17) is 9.47 Å². The summed E-state index contributed by atoms with van der Waals surface area (Å²) in [7, 11) is 0. The molecule has 0 aliphatic heterocycles. The highest BCUT2D eigenvalue weighted by Crippen LogP contribution is 2.23. The van der Waals surface area contributed by atoms with Crippen molar-refractivity contribution in [2.75, 3.05) is 13.1 Å². The van der Waals surface area contributed by atoms with Gasteiger partial charge in [-0.25, -0.2) is 14.4 Å². The van der Waals surface area contributed by atoms with E-state index >= 15 is 0 Å². The van der Waals surface area contributed by atoms with Gasteiger partial charge in [-0.3, -0.25) is 0 Å². The van der Waals surface area contributed by atoms with Gasteiger partial charge < -0.3 is 29.9 Å². The standard InChI is InChI=1S/C37H40N2O7/c1-26(2)22-39(23-34(41)36(43)46-25-29-11-7-4-8-12-29)37(44)38-33(35(42)45-24-28-9-5-3-6-10-28)21-27-13-15-30(16-14-27)31-17-19-32(40)20-18-31/h3-20,26,33-34,40-41H,21-25H2,1-2H3,(H,38,44)/t33-,34?/m0/s1. The van der Waals surface area contributed by atoms with Gasteiger partial charge in [-0.05, 0) is 45.9 Å². The number of esters is 2. The third kappa shape index (κ3) is 10.5. The van der Waals surface area contributed by atoms with Gasteiger partial charge in [0.15, 0.2) is 6.10 Å². The molecule has 0 spiro atoms. The van der Waals surface area contributed by atoms with Gasteiger partial charge in [-0.2, -0.15) is 0 Å². The number of aliphatic hydroxyl groups is 1. The van der Waals surface area contributed by atoms with E-state index in [9.17, 15) is 24.6 Å². The van der Waals surface area contributed by atoms with Crippen molar-refractivity contribution in [1.29, 1.82) is 0 Å². The summed E-state index contributed by atoms with van der Waals surface area (Å²) >= 11 is 0. The first-order chi connectivity index (χ1) is 22.2. The lowest BCUT2D eigenvalue weighted by Crippen LogP contribution is -2.52. The normalized spacial score (nSPS) is 12.2. The highest BCUT2D eigenvalue weighted by Gasteiger charge is 2.29. The number of carbonyl (C=O) groups is 3. The van der Waals surface area contributed by atoms with Gasteiger partial charge in [-0.1, -0.05) is 111 Å². The SMILES string of the molecule is CC(C)CN(CC(O)C(=O)OCc1ccccc1)C(=O)N[C@@H](Cc1ccc(-c2ccc(O)cc2)cc1)C(=O)OCc1ccccc1. The number of benzene rings is 4. The minimum atomic E-state index is -1.58. The molecule has 0 saturated heterocycles. The molecular weight excluding hydrogens is 584 g/mol. The molecule has 0 aliphatic carbocycles. The molecule has 1 unspecified atom stereocenters. The molecule has 0 bridgehead atoms. The molecule has 0 radical (unpaired) electrons. The van der Waals surface area contributed by atoms with Crippen LogP contribution in [-0.4, -0.2) is 58.3 Å². The molecule has 2 atom stereocenters. The number of hydrogen-bond acceptors (Lipinski definition) is 7. The van der Waals surface area contributed by atoms with E-state index in [2.05, 4.69) is 5.32 Å². The van der Waals surface area contributed by atoms with E-state index in [1.807, 2.05) is 98.8 Å². The lowest BCUT2D eigenvalue weighted by molar-refractivity contribution is -0.155. The smallest absolute Gasteiger partial charge is 0.337 e. The van der Waals surface area contributed by atoms with Crippen LogP contribution in [0.25, 0.3) is 11.1 Å². The minimum absolute atomic E-state index is 0.00598. The van der Waals surface area contributed by atoms with Gasteiger partial charge in [-0.15, -0.1) is 0 Å². The number of amides is 2. The van der Waals surface area contributed by atoms with Crippen molar-refractivity contribution in [2.45, 2.75) is 45.6 Å². The molecule has 9 heteroatoms. The molecule has 0 aromatic heterocycles.